The summed E-state index contributed by atoms with van der Waals surface area (Å²) in [6.07, 6.45) is 17.4. The molecular weight excluding hydrogens is 432 g/mol. The molecule has 2 aliphatic carbocycles. The fourth-order valence-corrected chi connectivity index (χ4v) is 5.53. The van der Waals surface area contributed by atoms with Gasteiger partial charge in [0, 0.05) is 35.3 Å². The third kappa shape index (κ3) is 3.17. The predicted molar refractivity (Wildman–Crippen MR) is 138 cm³/mol. The van der Waals surface area contributed by atoms with Crippen molar-refractivity contribution in [3.63, 3.8) is 0 Å². The fourth-order valence-electron chi connectivity index (χ4n) is 5.53. The molecule has 4 aromatic rings. The second-order valence-electron chi connectivity index (χ2n) is 9.66. The number of rotatable bonds is 3. The molecule has 0 saturated heterocycles. The summed E-state index contributed by atoms with van der Waals surface area (Å²) in [7, 11) is 0. The maximum Gasteiger partial charge on any atom is 0.150 e. The largest absolute Gasteiger partial charge is 0.361 e. The molecule has 3 aromatic heterocycles. The summed E-state index contributed by atoms with van der Waals surface area (Å²) in [6.45, 7) is 0. The summed E-state index contributed by atoms with van der Waals surface area (Å²) in [5.74, 6) is 1.92. The molecule has 1 aliphatic heterocycles. The number of hydrogen-bond acceptors (Lipinski definition) is 5. The summed E-state index contributed by atoms with van der Waals surface area (Å²) in [6, 6.07) is 17.0. The van der Waals surface area contributed by atoms with Crippen LogP contribution in [0.4, 0.5) is 5.82 Å². The van der Waals surface area contributed by atoms with Gasteiger partial charge in [-0.1, -0.05) is 48.6 Å². The number of fused-ring (bicyclic) bond motifs is 5. The monoisotopic (exact) mass is 458 g/mol. The Balaban J connectivity index is 1.50. The molecule has 3 aliphatic rings. The number of imidazole rings is 1. The van der Waals surface area contributed by atoms with Crippen LogP contribution >= 0.6 is 0 Å². The highest BCUT2D eigenvalue weighted by molar-refractivity contribution is 5.82. The quantitative estimate of drug-likeness (QED) is 0.433. The molecule has 7 rings (SSSR count). The van der Waals surface area contributed by atoms with E-state index in [0.717, 1.165) is 52.7 Å². The molecule has 3 N–H and O–H groups in total. The third-order valence-corrected chi connectivity index (χ3v) is 7.60. The van der Waals surface area contributed by atoms with Gasteiger partial charge in [-0.2, -0.15) is 0 Å². The summed E-state index contributed by atoms with van der Waals surface area (Å²) in [4.78, 5) is 14.2. The molecule has 1 aromatic carbocycles. The van der Waals surface area contributed by atoms with E-state index in [-0.39, 0.29) is 17.5 Å². The maximum absolute atomic E-state index is 6.63. The van der Waals surface area contributed by atoms with Crippen molar-refractivity contribution in [2.75, 3.05) is 5.32 Å². The highest BCUT2D eigenvalue weighted by Gasteiger charge is 2.36. The molecule has 1 fully saturated rings. The van der Waals surface area contributed by atoms with Crippen LogP contribution in [0, 0.1) is 0 Å². The number of allylic oxidation sites excluding steroid dienone is 2. The van der Waals surface area contributed by atoms with E-state index in [4.69, 9.17) is 15.7 Å². The first kappa shape index (κ1) is 20.4. The van der Waals surface area contributed by atoms with Gasteiger partial charge in [0.15, 0.2) is 5.82 Å². The van der Waals surface area contributed by atoms with E-state index in [9.17, 15) is 0 Å². The van der Waals surface area contributed by atoms with Crippen molar-refractivity contribution < 1.29 is 0 Å². The van der Waals surface area contributed by atoms with E-state index >= 15 is 0 Å². The van der Waals surface area contributed by atoms with Crippen LogP contribution in [0.1, 0.15) is 36.6 Å². The van der Waals surface area contributed by atoms with Gasteiger partial charge in [0.1, 0.15) is 5.82 Å². The number of pyridine rings is 2. The zero-order valence-electron chi connectivity index (χ0n) is 19.3. The molecule has 0 amide bonds. The van der Waals surface area contributed by atoms with Gasteiger partial charge in [0.05, 0.1) is 29.0 Å². The topological polar surface area (TPSA) is 81.7 Å². The molecule has 0 bridgehead atoms. The minimum Gasteiger partial charge on any atom is -0.361 e. The number of nitrogens with one attached hydrogen (secondary N) is 1. The van der Waals surface area contributed by atoms with Crippen LogP contribution in [0.5, 0.6) is 0 Å². The van der Waals surface area contributed by atoms with Crippen molar-refractivity contribution in [3.8, 4) is 28.2 Å². The second-order valence-corrected chi connectivity index (χ2v) is 9.66. The number of hydrogen-bond donors (Lipinski definition) is 2. The van der Waals surface area contributed by atoms with Crippen LogP contribution in [-0.4, -0.2) is 25.6 Å². The molecule has 35 heavy (non-hydrogen) atoms. The summed E-state index contributed by atoms with van der Waals surface area (Å²) >= 11 is 0. The molecule has 0 spiro atoms. The Morgan fingerprint density at radius 1 is 0.914 bits per heavy atom. The molecule has 0 radical (unpaired) electrons. The lowest BCUT2D eigenvalue weighted by molar-refractivity contribution is 0.253. The molecule has 1 saturated carbocycles. The highest BCUT2D eigenvalue weighted by Crippen LogP contribution is 2.44. The SMILES string of the molecule is NC1(c2ccc(-c3c(-c4ccncc4)nc4n3-c3cccnc3NC3C=CC=CC43)cc2)CCC1. The van der Waals surface area contributed by atoms with E-state index < -0.39 is 0 Å². The maximum atomic E-state index is 6.63. The first-order valence-electron chi connectivity index (χ1n) is 12.2. The average molecular weight is 459 g/mol. The zero-order valence-corrected chi connectivity index (χ0v) is 19.3. The molecule has 2 unspecified atom stereocenters. The molecule has 2 atom stereocenters. The van der Waals surface area contributed by atoms with Crippen molar-refractivity contribution in [3.05, 3.63) is 103 Å². The minimum absolute atomic E-state index is 0.0742. The lowest BCUT2D eigenvalue weighted by Gasteiger charge is -2.38. The Labute approximate surface area is 204 Å². The number of benzene rings is 1. The second kappa shape index (κ2) is 7.75. The molecule has 6 heteroatoms. The Bertz CT molecular complexity index is 1460. The first-order chi connectivity index (χ1) is 17.2. The van der Waals surface area contributed by atoms with Crippen molar-refractivity contribution >= 4 is 5.82 Å². The van der Waals surface area contributed by atoms with Crippen LogP contribution in [0.15, 0.2) is 91.4 Å². The van der Waals surface area contributed by atoms with Gasteiger partial charge in [-0.05, 0) is 49.1 Å². The molecular formula is C29H26N6. The number of nitrogens with two attached hydrogens (primary N) is 1. The lowest BCUT2D eigenvalue weighted by atomic mass is 9.72. The molecule has 172 valence electrons. The van der Waals surface area contributed by atoms with Gasteiger partial charge >= 0.3 is 0 Å². The molecule has 4 heterocycles. The van der Waals surface area contributed by atoms with Gasteiger partial charge in [-0.3, -0.25) is 9.55 Å². The van der Waals surface area contributed by atoms with E-state index in [1.54, 1.807) is 0 Å². The zero-order chi connectivity index (χ0) is 23.4. The predicted octanol–water partition coefficient (Wildman–Crippen LogP) is 5.34. The van der Waals surface area contributed by atoms with E-state index in [0.29, 0.717) is 0 Å². The fraction of sp³-hybridized carbons (Fsp3) is 0.207. The highest BCUT2D eigenvalue weighted by atomic mass is 15.2. The Morgan fingerprint density at radius 3 is 2.49 bits per heavy atom. The summed E-state index contributed by atoms with van der Waals surface area (Å²) in [5, 5.41) is 3.64. The Kier molecular flexibility index (Phi) is 4.51. The standard InChI is InChI=1S/C29H26N6/c30-29(14-4-15-29)21-10-8-20(9-11-21)26-25(19-12-17-31-18-13-19)34-28-22-5-1-2-6-23(22)33-27-24(35(26)28)7-3-16-32-27/h1-3,5-13,16-18,22-23H,4,14-15,30H2,(H,32,33). The lowest BCUT2D eigenvalue weighted by Crippen LogP contribution is -2.43. The van der Waals surface area contributed by atoms with Crippen LogP contribution in [0.3, 0.4) is 0 Å². The Morgan fingerprint density at radius 2 is 1.71 bits per heavy atom. The van der Waals surface area contributed by atoms with E-state index in [2.05, 4.69) is 69.5 Å². The van der Waals surface area contributed by atoms with Crippen LogP contribution < -0.4 is 11.1 Å². The van der Waals surface area contributed by atoms with Crippen LogP contribution in [0.2, 0.25) is 0 Å². The van der Waals surface area contributed by atoms with Crippen molar-refractivity contribution in [2.24, 2.45) is 5.73 Å². The number of aromatic nitrogens is 4. The van der Waals surface area contributed by atoms with Crippen molar-refractivity contribution in [2.45, 2.75) is 36.8 Å². The van der Waals surface area contributed by atoms with E-state index in [1.165, 1.54) is 12.0 Å². The average Bonchev–Trinajstić information content (AvgIpc) is 3.22. The van der Waals surface area contributed by atoms with E-state index in [1.807, 2.05) is 36.8 Å². The Hall–Kier alpha value is -4.03. The minimum atomic E-state index is -0.187. The van der Waals surface area contributed by atoms with Crippen LogP contribution in [-0.2, 0) is 5.54 Å². The normalized spacial score (nSPS) is 21.2. The van der Waals surface area contributed by atoms with Gasteiger partial charge in [-0.15, -0.1) is 0 Å². The van der Waals surface area contributed by atoms with Gasteiger partial charge in [-0.25, -0.2) is 9.97 Å². The smallest absolute Gasteiger partial charge is 0.150 e. The summed E-state index contributed by atoms with van der Waals surface area (Å²) in [5.41, 5.74) is 12.8. The first-order valence-corrected chi connectivity index (χ1v) is 12.2. The van der Waals surface area contributed by atoms with Gasteiger partial charge in [0.2, 0.25) is 0 Å². The van der Waals surface area contributed by atoms with Gasteiger partial charge < -0.3 is 11.1 Å². The third-order valence-electron chi connectivity index (χ3n) is 7.60. The van der Waals surface area contributed by atoms with Gasteiger partial charge in [0.25, 0.3) is 0 Å². The number of anilines is 1. The van der Waals surface area contributed by atoms with Crippen molar-refractivity contribution in [1.29, 1.82) is 0 Å². The van der Waals surface area contributed by atoms with Crippen LogP contribution in [0.25, 0.3) is 28.2 Å². The summed E-state index contributed by atoms with van der Waals surface area (Å²) < 4.78 is 2.29. The molecule has 6 nitrogen and oxygen atoms in total. The number of nitrogens with zero attached hydrogens (tertiary/aromatic N) is 4. The van der Waals surface area contributed by atoms with Crippen molar-refractivity contribution in [1.82, 2.24) is 19.5 Å².